The van der Waals surface area contributed by atoms with E-state index in [2.05, 4.69) is 12.1 Å². The van der Waals surface area contributed by atoms with Gasteiger partial charge in [-0.15, -0.1) is 0 Å². The van der Waals surface area contributed by atoms with E-state index in [-0.39, 0.29) is 18.1 Å². The first-order chi connectivity index (χ1) is 11.2. The molecule has 0 spiro atoms. The lowest BCUT2D eigenvalue weighted by Gasteiger charge is -2.25. The van der Waals surface area contributed by atoms with Gasteiger partial charge >= 0.3 is 0 Å². The van der Waals surface area contributed by atoms with Gasteiger partial charge in [-0.3, -0.25) is 4.79 Å². The molecular weight excluding hydrogens is 292 g/mol. The van der Waals surface area contributed by atoms with Crippen molar-refractivity contribution in [3.8, 4) is 0 Å². The lowest BCUT2D eigenvalue weighted by atomic mass is 10.1. The molecule has 2 N–H and O–H groups in total. The van der Waals surface area contributed by atoms with Gasteiger partial charge in [0, 0.05) is 26.7 Å². The predicted octanol–water partition coefficient (Wildman–Crippen LogP) is 1.60. The fourth-order valence-electron chi connectivity index (χ4n) is 2.92. The molecule has 2 atom stereocenters. The molecule has 1 fully saturated rings. The predicted molar refractivity (Wildman–Crippen MR) is 90.2 cm³/mol. The maximum atomic E-state index is 12.7. The van der Waals surface area contributed by atoms with Crippen LogP contribution in [-0.4, -0.2) is 56.4 Å². The van der Waals surface area contributed by atoms with Crippen LogP contribution in [0.3, 0.4) is 0 Å². The van der Waals surface area contributed by atoms with Crippen molar-refractivity contribution in [3.05, 3.63) is 35.9 Å². The largest absolute Gasteiger partial charge is 0.383 e. The molecule has 1 saturated heterocycles. The highest BCUT2D eigenvalue weighted by molar-refractivity contribution is 5.81. The molecule has 0 saturated carbocycles. The molecule has 0 aromatic heterocycles. The highest BCUT2D eigenvalue weighted by atomic mass is 16.5. The first kappa shape index (κ1) is 17.9. The maximum absolute atomic E-state index is 12.7. The summed E-state index contributed by atoms with van der Waals surface area (Å²) in [5, 5.41) is 0. The Morgan fingerprint density at radius 1 is 1.30 bits per heavy atom. The van der Waals surface area contributed by atoms with Crippen molar-refractivity contribution in [2.24, 2.45) is 5.73 Å². The Bertz CT molecular complexity index is 467. The summed E-state index contributed by atoms with van der Waals surface area (Å²) in [4.78, 5) is 14.5. The van der Waals surface area contributed by atoms with Gasteiger partial charge < -0.3 is 20.1 Å². The van der Waals surface area contributed by atoms with Crippen LogP contribution in [-0.2, 0) is 20.7 Å². The molecule has 2 rings (SSSR count). The van der Waals surface area contributed by atoms with Gasteiger partial charge in [0.25, 0.3) is 5.91 Å². The van der Waals surface area contributed by atoms with Crippen LogP contribution in [0.2, 0.25) is 0 Å². The normalized spacial score (nSPS) is 20.6. The van der Waals surface area contributed by atoms with E-state index in [0.717, 1.165) is 32.2 Å². The van der Waals surface area contributed by atoms with E-state index < -0.39 is 0 Å². The second-order valence-electron chi connectivity index (χ2n) is 5.97. The molecule has 1 aliphatic heterocycles. The summed E-state index contributed by atoms with van der Waals surface area (Å²) < 4.78 is 10.9. The second-order valence-corrected chi connectivity index (χ2v) is 5.97. The fraction of sp³-hybridized carbons (Fsp3) is 0.611. The number of ether oxygens (including phenoxy) is 2. The quantitative estimate of drug-likeness (QED) is 0.750. The van der Waals surface area contributed by atoms with E-state index in [1.165, 1.54) is 5.56 Å². The molecule has 1 aromatic carbocycles. The molecule has 128 valence electrons. The molecule has 0 bridgehead atoms. The zero-order valence-electron chi connectivity index (χ0n) is 13.9. The number of aryl methyl sites for hydroxylation is 1. The molecular formula is C18H28N2O3. The van der Waals surface area contributed by atoms with E-state index in [9.17, 15) is 4.79 Å². The molecule has 1 aromatic rings. The van der Waals surface area contributed by atoms with Crippen LogP contribution in [0.1, 0.15) is 24.8 Å². The van der Waals surface area contributed by atoms with E-state index >= 15 is 0 Å². The van der Waals surface area contributed by atoms with Gasteiger partial charge in [0.15, 0.2) is 0 Å². The van der Waals surface area contributed by atoms with Crippen molar-refractivity contribution in [3.63, 3.8) is 0 Å². The number of methoxy groups -OCH3 is 1. The fourth-order valence-corrected chi connectivity index (χ4v) is 2.92. The number of hydrogen-bond acceptors (Lipinski definition) is 4. The maximum Gasteiger partial charge on any atom is 0.251 e. The van der Waals surface area contributed by atoms with Crippen LogP contribution in [0.5, 0.6) is 0 Å². The van der Waals surface area contributed by atoms with Gasteiger partial charge in [0.2, 0.25) is 0 Å². The zero-order chi connectivity index (χ0) is 16.5. The summed E-state index contributed by atoms with van der Waals surface area (Å²) >= 11 is 0. The molecule has 1 amide bonds. The van der Waals surface area contributed by atoms with Crippen LogP contribution in [0.15, 0.2) is 30.3 Å². The van der Waals surface area contributed by atoms with Crippen LogP contribution in [0, 0.1) is 0 Å². The second kappa shape index (κ2) is 9.65. The Labute approximate surface area is 138 Å². The summed E-state index contributed by atoms with van der Waals surface area (Å²) in [5.74, 6) is 0.0751. The number of amides is 1. The van der Waals surface area contributed by atoms with Crippen LogP contribution in [0.25, 0.3) is 0 Å². The number of rotatable bonds is 9. The number of carbonyl (C=O) groups is 1. The average molecular weight is 320 g/mol. The van der Waals surface area contributed by atoms with E-state index in [1.54, 1.807) is 7.11 Å². The minimum Gasteiger partial charge on any atom is -0.383 e. The van der Waals surface area contributed by atoms with Gasteiger partial charge in [-0.25, -0.2) is 0 Å². The van der Waals surface area contributed by atoms with Crippen molar-refractivity contribution < 1.29 is 14.3 Å². The van der Waals surface area contributed by atoms with Gasteiger partial charge in [-0.1, -0.05) is 30.3 Å². The standard InChI is InChI=1S/C18H28N2O3/c1-22-13-12-20(11-5-8-15-6-3-2-4-7-15)18(21)17-10-9-16(14-19)23-17/h2-4,6-7,16-17H,5,8-14,19H2,1H3/t16-,17+/m1/s1. The number of nitrogens with two attached hydrogens (primary N) is 1. The lowest BCUT2D eigenvalue weighted by Crippen LogP contribution is -2.42. The number of carbonyl (C=O) groups excluding carboxylic acids is 1. The third-order valence-corrected chi connectivity index (χ3v) is 4.26. The molecule has 1 heterocycles. The highest BCUT2D eigenvalue weighted by Crippen LogP contribution is 2.21. The molecule has 0 unspecified atom stereocenters. The minimum atomic E-state index is -0.336. The topological polar surface area (TPSA) is 64.8 Å². The molecule has 23 heavy (non-hydrogen) atoms. The van der Waals surface area contributed by atoms with Crippen molar-refractivity contribution in [2.75, 3.05) is 33.4 Å². The van der Waals surface area contributed by atoms with Gasteiger partial charge in [-0.05, 0) is 31.2 Å². The van der Waals surface area contributed by atoms with Crippen molar-refractivity contribution in [1.82, 2.24) is 4.90 Å². The number of nitrogens with zero attached hydrogens (tertiary/aromatic N) is 1. The molecule has 1 aliphatic rings. The summed E-state index contributed by atoms with van der Waals surface area (Å²) in [5.41, 5.74) is 6.93. The Balaban J connectivity index is 1.84. The summed E-state index contributed by atoms with van der Waals surface area (Å²) in [6, 6.07) is 10.3. The van der Waals surface area contributed by atoms with Gasteiger partial charge in [-0.2, -0.15) is 0 Å². The summed E-state index contributed by atoms with van der Waals surface area (Å²) in [6.45, 7) is 2.36. The highest BCUT2D eigenvalue weighted by Gasteiger charge is 2.32. The van der Waals surface area contributed by atoms with Crippen molar-refractivity contribution in [2.45, 2.75) is 37.9 Å². The Morgan fingerprint density at radius 2 is 2.09 bits per heavy atom. The van der Waals surface area contributed by atoms with Crippen molar-refractivity contribution >= 4 is 5.91 Å². The minimum absolute atomic E-state index is 0.0255. The monoisotopic (exact) mass is 320 g/mol. The number of benzene rings is 1. The Kier molecular flexibility index (Phi) is 7.52. The lowest BCUT2D eigenvalue weighted by molar-refractivity contribution is -0.143. The average Bonchev–Trinajstić information content (AvgIpc) is 3.07. The van der Waals surface area contributed by atoms with Crippen molar-refractivity contribution in [1.29, 1.82) is 0 Å². The summed E-state index contributed by atoms with van der Waals surface area (Å²) in [6.07, 6.45) is 3.23. The SMILES string of the molecule is COCCN(CCCc1ccccc1)C(=O)[C@@H]1CC[C@H](CN)O1. The van der Waals surface area contributed by atoms with E-state index in [0.29, 0.717) is 19.7 Å². The summed E-state index contributed by atoms with van der Waals surface area (Å²) in [7, 11) is 1.66. The zero-order valence-corrected chi connectivity index (χ0v) is 13.9. The third kappa shape index (κ3) is 5.61. The van der Waals surface area contributed by atoms with E-state index in [4.69, 9.17) is 15.2 Å². The number of hydrogen-bond donors (Lipinski definition) is 1. The smallest absolute Gasteiger partial charge is 0.251 e. The molecule has 0 aliphatic carbocycles. The molecule has 5 nitrogen and oxygen atoms in total. The third-order valence-electron chi connectivity index (χ3n) is 4.26. The van der Waals surface area contributed by atoms with Gasteiger partial charge in [0.1, 0.15) is 6.10 Å². The first-order valence-corrected chi connectivity index (χ1v) is 8.41. The molecule has 5 heteroatoms. The van der Waals surface area contributed by atoms with Gasteiger partial charge in [0.05, 0.1) is 12.7 Å². The van der Waals surface area contributed by atoms with Crippen LogP contribution < -0.4 is 5.73 Å². The molecule has 0 radical (unpaired) electrons. The Hall–Kier alpha value is -1.43. The van der Waals surface area contributed by atoms with Crippen LogP contribution >= 0.6 is 0 Å². The van der Waals surface area contributed by atoms with E-state index in [1.807, 2.05) is 23.1 Å². The van der Waals surface area contributed by atoms with Crippen LogP contribution in [0.4, 0.5) is 0 Å². The first-order valence-electron chi connectivity index (χ1n) is 8.41. The Morgan fingerprint density at radius 3 is 2.74 bits per heavy atom.